The Morgan fingerprint density at radius 3 is 1.90 bits per heavy atom. The van der Waals surface area contributed by atoms with Crippen LogP contribution in [0.5, 0.6) is 0 Å². The number of nitrogens with one attached hydrogen (secondary N) is 2. The fourth-order valence-corrected chi connectivity index (χ4v) is 3.50. The average molecular weight is 266 g/mol. The summed E-state index contributed by atoms with van der Waals surface area (Å²) in [5, 5.41) is 6.96. The number of hydrogen-bond acceptors (Lipinski definition) is 2. The molecule has 0 aromatic heterocycles. The topological polar surface area (TPSA) is 24.1 Å². The van der Waals surface area contributed by atoms with Gasteiger partial charge >= 0.3 is 0 Å². The molecule has 2 nitrogen and oxygen atoms in total. The van der Waals surface area contributed by atoms with Crippen LogP contribution in [-0.4, -0.2) is 26.7 Å². The van der Waals surface area contributed by atoms with E-state index in [4.69, 9.17) is 0 Å². The average Bonchev–Trinajstić information content (AvgIpc) is 2.78. The molecule has 0 atom stereocenters. The van der Waals surface area contributed by atoms with Gasteiger partial charge in [0.15, 0.2) is 0 Å². The lowest BCUT2D eigenvalue weighted by Crippen LogP contribution is -2.44. The number of likely N-dealkylation sites (N-methyl/N-ethyl adjacent to an activating group) is 2. The van der Waals surface area contributed by atoms with Crippen LogP contribution in [0.3, 0.4) is 0 Å². The van der Waals surface area contributed by atoms with E-state index in [0.29, 0.717) is 0 Å². The highest BCUT2D eigenvalue weighted by Crippen LogP contribution is 2.48. The van der Waals surface area contributed by atoms with Crippen LogP contribution in [0.1, 0.15) is 18.1 Å². The van der Waals surface area contributed by atoms with Crippen LogP contribution < -0.4 is 10.6 Å². The molecule has 1 aliphatic rings. The summed E-state index contributed by atoms with van der Waals surface area (Å²) >= 11 is 0. The highest BCUT2D eigenvalue weighted by molar-refractivity contribution is 5.81. The first-order valence-electron chi connectivity index (χ1n) is 7.38. The molecule has 0 bridgehead atoms. The zero-order valence-electron chi connectivity index (χ0n) is 12.2. The van der Waals surface area contributed by atoms with Crippen LogP contribution in [0.2, 0.25) is 0 Å². The Morgan fingerprint density at radius 2 is 1.40 bits per heavy atom. The van der Waals surface area contributed by atoms with E-state index in [0.717, 1.165) is 19.6 Å². The Bertz CT molecular complexity index is 558. The van der Waals surface area contributed by atoms with E-state index in [1.807, 2.05) is 7.05 Å². The quantitative estimate of drug-likeness (QED) is 0.869. The Labute approximate surface area is 121 Å². The summed E-state index contributed by atoms with van der Waals surface area (Å²) in [6, 6.07) is 17.6. The Kier molecular flexibility index (Phi) is 3.60. The Balaban J connectivity index is 2.21. The summed E-state index contributed by atoms with van der Waals surface area (Å²) in [5.74, 6) is 0. The first-order chi connectivity index (χ1) is 9.83. The van der Waals surface area contributed by atoms with E-state index in [1.54, 1.807) is 0 Å². The number of hydrogen-bond donors (Lipinski definition) is 2. The summed E-state index contributed by atoms with van der Waals surface area (Å²) in [6.07, 6.45) is 0. The van der Waals surface area contributed by atoms with E-state index >= 15 is 0 Å². The van der Waals surface area contributed by atoms with Crippen molar-refractivity contribution in [3.63, 3.8) is 0 Å². The van der Waals surface area contributed by atoms with Crippen molar-refractivity contribution in [2.75, 3.05) is 26.7 Å². The zero-order chi connectivity index (χ0) is 14.0. The lowest BCUT2D eigenvalue weighted by Gasteiger charge is -2.32. The number of rotatable bonds is 5. The SMILES string of the molecule is CCNCC1(CNC)c2ccccc2-c2ccccc21. The van der Waals surface area contributed by atoms with Crippen LogP contribution >= 0.6 is 0 Å². The first-order valence-corrected chi connectivity index (χ1v) is 7.38. The van der Waals surface area contributed by atoms with Crippen molar-refractivity contribution in [1.82, 2.24) is 10.6 Å². The van der Waals surface area contributed by atoms with Gasteiger partial charge in [0.25, 0.3) is 0 Å². The molecule has 2 aromatic carbocycles. The molecule has 0 unspecified atom stereocenters. The number of benzene rings is 2. The maximum absolute atomic E-state index is 3.56. The molecule has 104 valence electrons. The van der Waals surface area contributed by atoms with Gasteiger partial charge in [-0.3, -0.25) is 0 Å². The summed E-state index contributed by atoms with van der Waals surface area (Å²) in [6.45, 7) is 5.09. The van der Waals surface area contributed by atoms with Gasteiger partial charge in [-0.15, -0.1) is 0 Å². The smallest absolute Gasteiger partial charge is 0.0463 e. The molecule has 2 aromatic rings. The van der Waals surface area contributed by atoms with E-state index in [-0.39, 0.29) is 5.41 Å². The second-order valence-electron chi connectivity index (χ2n) is 5.48. The minimum absolute atomic E-state index is 0.0396. The van der Waals surface area contributed by atoms with Gasteiger partial charge in [0, 0.05) is 18.5 Å². The van der Waals surface area contributed by atoms with Gasteiger partial charge in [-0.25, -0.2) is 0 Å². The minimum Gasteiger partial charge on any atom is -0.318 e. The molecule has 0 radical (unpaired) electrons. The molecule has 0 saturated heterocycles. The van der Waals surface area contributed by atoms with Crippen molar-refractivity contribution < 1.29 is 0 Å². The first kappa shape index (κ1) is 13.3. The third-order valence-corrected chi connectivity index (χ3v) is 4.33. The molecular weight excluding hydrogens is 244 g/mol. The van der Waals surface area contributed by atoms with Gasteiger partial charge in [-0.1, -0.05) is 55.5 Å². The highest BCUT2D eigenvalue weighted by Gasteiger charge is 2.41. The molecule has 0 spiro atoms. The molecule has 0 fully saturated rings. The summed E-state index contributed by atoms with van der Waals surface area (Å²) in [4.78, 5) is 0. The maximum atomic E-state index is 3.56. The van der Waals surface area contributed by atoms with Crippen molar-refractivity contribution >= 4 is 0 Å². The molecule has 2 N–H and O–H groups in total. The van der Waals surface area contributed by atoms with E-state index in [2.05, 4.69) is 66.1 Å². The van der Waals surface area contributed by atoms with Crippen LogP contribution in [0, 0.1) is 0 Å². The van der Waals surface area contributed by atoms with Crippen molar-refractivity contribution in [3.05, 3.63) is 59.7 Å². The zero-order valence-corrected chi connectivity index (χ0v) is 12.2. The predicted molar refractivity (Wildman–Crippen MR) is 85.1 cm³/mol. The van der Waals surface area contributed by atoms with Gasteiger partial charge in [0.1, 0.15) is 0 Å². The summed E-state index contributed by atoms with van der Waals surface area (Å²) < 4.78 is 0. The molecule has 20 heavy (non-hydrogen) atoms. The monoisotopic (exact) mass is 266 g/mol. The van der Waals surface area contributed by atoms with Crippen molar-refractivity contribution in [1.29, 1.82) is 0 Å². The predicted octanol–water partition coefficient (Wildman–Crippen LogP) is 2.78. The molecular formula is C18H22N2. The van der Waals surface area contributed by atoms with E-state index in [9.17, 15) is 0 Å². The molecule has 1 aliphatic carbocycles. The molecule has 0 saturated carbocycles. The highest BCUT2D eigenvalue weighted by atomic mass is 14.9. The second kappa shape index (κ2) is 5.39. The van der Waals surface area contributed by atoms with Crippen molar-refractivity contribution in [2.24, 2.45) is 0 Å². The molecule has 0 amide bonds. The molecule has 0 heterocycles. The van der Waals surface area contributed by atoms with Gasteiger partial charge in [0.2, 0.25) is 0 Å². The van der Waals surface area contributed by atoms with Crippen molar-refractivity contribution in [2.45, 2.75) is 12.3 Å². The van der Waals surface area contributed by atoms with Gasteiger partial charge < -0.3 is 10.6 Å². The second-order valence-corrected chi connectivity index (χ2v) is 5.48. The Morgan fingerprint density at radius 1 is 0.850 bits per heavy atom. The van der Waals surface area contributed by atoms with E-state index < -0.39 is 0 Å². The van der Waals surface area contributed by atoms with Crippen molar-refractivity contribution in [3.8, 4) is 11.1 Å². The lowest BCUT2D eigenvalue weighted by molar-refractivity contribution is 0.460. The molecule has 3 rings (SSSR count). The normalized spacial score (nSPS) is 14.9. The van der Waals surface area contributed by atoms with Crippen LogP contribution in [0.15, 0.2) is 48.5 Å². The Hall–Kier alpha value is -1.64. The van der Waals surface area contributed by atoms with Gasteiger partial charge in [0.05, 0.1) is 0 Å². The minimum atomic E-state index is 0.0396. The maximum Gasteiger partial charge on any atom is 0.0463 e. The largest absolute Gasteiger partial charge is 0.318 e. The van der Waals surface area contributed by atoms with Gasteiger partial charge in [-0.05, 0) is 35.8 Å². The van der Waals surface area contributed by atoms with E-state index in [1.165, 1.54) is 22.3 Å². The summed E-state index contributed by atoms with van der Waals surface area (Å²) in [5.41, 5.74) is 5.69. The molecule has 0 aliphatic heterocycles. The standard InChI is InChI=1S/C18H22N2/c1-3-20-13-18(12-19-2)16-10-6-4-8-14(16)15-9-5-7-11-17(15)18/h4-11,19-20H,3,12-13H2,1-2H3. The lowest BCUT2D eigenvalue weighted by atomic mass is 9.78. The van der Waals surface area contributed by atoms with Crippen LogP contribution in [-0.2, 0) is 5.41 Å². The molecule has 2 heteroatoms. The number of fused-ring (bicyclic) bond motifs is 3. The van der Waals surface area contributed by atoms with Crippen LogP contribution in [0.25, 0.3) is 11.1 Å². The summed E-state index contributed by atoms with van der Waals surface area (Å²) in [7, 11) is 2.04. The van der Waals surface area contributed by atoms with Gasteiger partial charge in [-0.2, -0.15) is 0 Å². The third kappa shape index (κ3) is 1.88. The third-order valence-electron chi connectivity index (χ3n) is 4.33. The van der Waals surface area contributed by atoms with Crippen LogP contribution in [0.4, 0.5) is 0 Å². The fourth-order valence-electron chi connectivity index (χ4n) is 3.50. The fraction of sp³-hybridized carbons (Fsp3) is 0.333.